The Hall–Kier alpha value is -0.850. The van der Waals surface area contributed by atoms with Gasteiger partial charge in [0.25, 0.3) is 0 Å². The molecule has 0 spiro atoms. The van der Waals surface area contributed by atoms with E-state index in [1.165, 1.54) is 12.1 Å². The first-order valence-corrected chi connectivity index (χ1v) is 4.08. The maximum atomic E-state index is 12.7. The minimum absolute atomic E-state index is 0. The average Bonchev–Trinajstić information content (AvgIpc) is 2.14. The fourth-order valence-corrected chi connectivity index (χ4v) is 1.10. The number of rotatable bonds is 2. The zero-order chi connectivity index (χ0) is 11.6. The fourth-order valence-electron chi connectivity index (χ4n) is 1.10. The minimum atomic E-state index is -4.81. The van der Waals surface area contributed by atoms with Crippen molar-refractivity contribution in [3.8, 4) is 0 Å². The highest BCUT2D eigenvalue weighted by Gasteiger charge is 2.42. The summed E-state index contributed by atoms with van der Waals surface area (Å²) < 4.78 is 48.9. The van der Waals surface area contributed by atoms with Crippen LogP contribution in [0.15, 0.2) is 24.3 Å². The lowest BCUT2D eigenvalue weighted by Gasteiger charge is -2.21. The summed E-state index contributed by atoms with van der Waals surface area (Å²) >= 11 is 0. The quantitative estimate of drug-likeness (QED) is 0.800. The van der Waals surface area contributed by atoms with Crippen LogP contribution in [0.4, 0.5) is 17.6 Å². The van der Waals surface area contributed by atoms with E-state index in [0.717, 1.165) is 12.1 Å². The molecule has 0 aromatic heterocycles. The van der Waals surface area contributed by atoms with Crippen LogP contribution in [0, 0.1) is 5.82 Å². The standard InChI is InChI=1S/C9H9F4NO.ClH/c10-6-3-1-2-5(4-6)7(14)8(15)9(11,12)13;/h1-4,7-8,15H,14H2;1H/t7-,8-;/m1./s1. The number of hydrogen-bond donors (Lipinski definition) is 2. The predicted octanol–water partition coefficient (Wildman–Crippen LogP) is 2.17. The summed E-state index contributed by atoms with van der Waals surface area (Å²) in [4.78, 5) is 0. The first-order valence-electron chi connectivity index (χ1n) is 4.08. The molecular weight excluding hydrogens is 250 g/mol. The van der Waals surface area contributed by atoms with E-state index in [1.54, 1.807) is 0 Å². The van der Waals surface area contributed by atoms with Gasteiger partial charge in [0, 0.05) is 0 Å². The molecule has 0 unspecified atom stereocenters. The molecule has 0 aliphatic heterocycles. The van der Waals surface area contributed by atoms with Gasteiger partial charge < -0.3 is 10.8 Å². The monoisotopic (exact) mass is 259 g/mol. The summed E-state index contributed by atoms with van der Waals surface area (Å²) in [5.74, 6) is -0.697. The molecule has 0 aliphatic carbocycles. The maximum Gasteiger partial charge on any atom is 0.416 e. The van der Waals surface area contributed by atoms with Crippen LogP contribution in [0.1, 0.15) is 11.6 Å². The molecule has 0 amide bonds. The highest BCUT2D eigenvalue weighted by Crippen LogP contribution is 2.28. The third-order valence-electron chi connectivity index (χ3n) is 1.91. The molecule has 0 aliphatic rings. The molecule has 1 aromatic rings. The number of hydrogen-bond acceptors (Lipinski definition) is 2. The van der Waals surface area contributed by atoms with Gasteiger partial charge in [0.1, 0.15) is 5.82 Å². The van der Waals surface area contributed by atoms with E-state index in [9.17, 15) is 17.6 Å². The molecule has 1 aromatic carbocycles. The second-order valence-electron chi connectivity index (χ2n) is 3.07. The van der Waals surface area contributed by atoms with Gasteiger partial charge in [-0.05, 0) is 17.7 Å². The zero-order valence-corrected chi connectivity index (χ0v) is 8.73. The maximum absolute atomic E-state index is 12.7. The van der Waals surface area contributed by atoms with E-state index < -0.39 is 24.1 Å². The van der Waals surface area contributed by atoms with Gasteiger partial charge in [-0.2, -0.15) is 13.2 Å². The molecule has 0 radical (unpaired) electrons. The SMILES string of the molecule is Cl.N[C@H](c1cccc(F)c1)[C@@H](O)C(F)(F)F. The fraction of sp³-hybridized carbons (Fsp3) is 0.333. The van der Waals surface area contributed by atoms with E-state index in [2.05, 4.69) is 0 Å². The third-order valence-corrected chi connectivity index (χ3v) is 1.91. The molecule has 0 saturated carbocycles. The summed E-state index contributed by atoms with van der Waals surface area (Å²) in [5.41, 5.74) is 5.06. The van der Waals surface area contributed by atoms with Crippen molar-refractivity contribution in [3.63, 3.8) is 0 Å². The van der Waals surface area contributed by atoms with Crippen molar-refractivity contribution in [2.45, 2.75) is 18.3 Å². The van der Waals surface area contributed by atoms with E-state index >= 15 is 0 Å². The lowest BCUT2D eigenvalue weighted by Crippen LogP contribution is -2.38. The van der Waals surface area contributed by atoms with Gasteiger partial charge in [-0.3, -0.25) is 0 Å². The Balaban J connectivity index is 0.00000225. The minimum Gasteiger partial charge on any atom is -0.382 e. The normalized spacial score (nSPS) is 15.1. The molecule has 7 heteroatoms. The average molecular weight is 260 g/mol. The van der Waals surface area contributed by atoms with E-state index in [0.29, 0.717) is 0 Å². The van der Waals surface area contributed by atoms with Crippen molar-refractivity contribution in [1.82, 2.24) is 0 Å². The van der Waals surface area contributed by atoms with Crippen molar-refractivity contribution in [1.29, 1.82) is 0 Å². The number of nitrogens with two attached hydrogens (primary N) is 1. The molecule has 16 heavy (non-hydrogen) atoms. The molecule has 0 fully saturated rings. The topological polar surface area (TPSA) is 46.2 Å². The number of alkyl halides is 3. The van der Waals surface area contributed by atoms with Crippen molar-refractivity contribution in [2.24, 2.45) is 5.73 Å². The first-order chi connectivity index (χ1) is 6.82. The number of aliphatic hydroxyl groups is 1. The van der Waals surface area contributed by atoms with Gasteiger partial charge in [0.05, 0.1) is 6.04 Å². The Bertz CT molecular complexity index is 345. The second kappa shape index (κ2) is 5.47. The van der Waals surface area contributed by atoms with Crippen molar-refractivity contribution >= 4 is 12.4 Å². The lowest BCUT2D eigenvalue weighted by molar-refractivity contribution is -0.210. The predicted molar refractivity (Wildman–Crippen MR) is 52.6 cm³/mol. The Labute approximate surface area is 95.5 Å². The Morgan fingerprint density at radius 2 is 1.81 bits per heavy atom. The van der Waals surface area contributed by atoms with Crippen LogP contribution < -0.4 is 5.73 Å². The van der Waals surface area contributed by atoms with Gasteiger partial charge in [-0.1, -0.05) is 12.1 Å². The van der Waals surface area contributed by atoms with Crippen molar-refractivity contribution in [3.05, 3.63) is 35.6 Å². The number of benzene rings is 1. The van der Waals surface area contributed by atoms with Crippen molar-refractivity contribution < 1.29 is 22.7 Å². The van der Waals surface area contributed by atoms with Crippen LogP contribution in [0.2, 0.25) is 0 Å². The second-order valence-corrected chi connectivity index (χ2v) is 3.07. The largest absolute Gasteiger partial charge is 0.416 e. The van der Waals surface area contributed by atoms with Gasteiger partial charge >= 0.3 is 6.18 Å². The molecule has 2 atom stereocenters. The summed E-state index contributed by atoms with van der Waals surface area (Å²) in [6.45, 7) is 0. The highest BCUT2D eigenvalue weighted by atomic mass is 35.5. The van der Waals surface area contributed by atoms with Crippen molar-refractivity contribution in [2.75, 3.05) is 0 Å². The van der Waals surface area contributed by atoms with Crippen LogP contribution in [0.25, 0.3) is 0 Å². The summed E-state index contributed by atoms with van der Waals surface area (Å²) in [6, 6.07) is 2.72. The number of aliphatic hydroxyl groups excluding tert-OH is 1. The molecule has 92 valence electrons. The molecule has 0 bridgehead atoms. The Morgan fingerprint density at radius 1 is 1.25 bits per heavy atom. The zero-order valence-electron chi connectivity index (χ0n) is 7.91. The van der Waals surface area contributed by atoms with Crippen LogP contribution in [-0.2, 0) is 0 Å². The van der Waals surface area contributed by atoms with Crippen LogP contribution in [-0.4, -0.2) is 17.4 Å². The van der Waals surface area contributed by atoms with Crippen LogP contribution >= 0.6 is 12.4 Å². The first kappa shape index (κ1) is 15.2. The van der Waals surface area contributed by atoms with E-state index in [4.69, 9.17) is 10.8 Å². The molecule has 3 N–H and O–H groups in total. The third kappa shape index (κ3) is 3.62. The Morgan fingerprint density at radius 3 is 2.25 bits per heavy atom. The molecular formula is C9H10ClF4NO. The van der Waals surface area contributed by atoms with E-state index in [-0.39, 0.29) is 18.0 Å². The molecule has 1 rings (SSSR count). The lowest BCUT2D eigenvalue weighted by atomic mass is 10.0. The van der Waals surface area contributed by atoms with Gasteiger partial charge in [-0.25, -0.2) is 4.39 Å². The smallest absolute Gasteiger partial charge is 0.382 e. The summed E-state index contributed by atoms with van der Waals surface area (Å²) in [7, 11) is 0. The van der Waals surface area contributed by atoms with Gasteiger partial charge in [-0.15, -0.1) is 12.4 Å². The summed E-state index contributed by atoms with van der Waals surface area (Å²) in [5, 5.41) is 8.83. The van der Waals surface area contributed by atoms with Crippen LogP contribution in [0.3, 0.4) is 0 Å². The Kier molecular flexibility index (Phi) is 5.18. The molecule has 0 saturated heterocycles. The van der Waals surface area contributed by atoms with Gasteiger partial charge in [0.2, 0.25) is 0 Å². The highest BCUT2D eigenvalue weighted by molar-refractivity contribution is 5.85. The van der Waals surface area contributed by atoms with E-state index in [1.807, 2.05) is 0 Å². The van der Waals surface area contributed by atoms with Gasteiger partial charge in [0.15, 0.2) is 6.10 Å². The van der Waals surface area contributed by atoms with Crippen LogP contribution in [0.5, 0.6) is 0 Å². The molecule has 0 heterocycles. The molecule has 2 nitrogen and oxygen atoms in total. The number of halogens is 5. The summed E-state index contributed by atoms with van der Waals surface area (Å²) in [6.07, 6.45) is -7.51.